The van der Waals surface area contributed by atoms with Crippen molar-refractivity contribution >= 4 is 15.9 Å². The zero-order chi connectivity index (χ0) is 13.6. The first-order valence-corrected chi connectivity index (χ1v) is 8.17. The van der Waals surface area contributed by atoms with Crippen molar-refractivity contribution in [3.63, 3.8) is 0 Å². The van der Waals surface area contributed by atoms with E-state index < -0.39 is 0 Å². The van der Waals surface area contributed by atoms with Gasteiger partial charge in [-0.15, -0.1) is 0 Å². The second kappa shape index (κ2) is 4.88. The van der Waals surface area contributed by atoms with Crippen LogP contribution in [0.1, 0.15) is 37.1 Å². The van der Waals surface area contributed by atoms with Crippen LogP contribution in [0.25, 0.3) is 0 Å². The van der Waals surface area contributed by atoms with Gasteiger partial charge >= 0.3 is 0 Å². The second-order valence-electron chi connectivity index (χ2n) is 6.62. The van der Waals surface area contributed by atoms with Crippen molar-refractivity contribution in [1.82, 2.24) is 15.1 Å². The molecule has 2 aliphatic rings. The summed E-state index contributed by atoms with van der Waals surface area (Å²) in [5.74, 6) is 1.89. The van der Waals surface area contributed by atoms with E-state index in [1.807, 2.05) is 0 Å². The van der Waals surface area contributed by atoms with E-state index in [1.165, 1.54) is 35.8 Å². The van der Waals surface area contributed by atoms with Crippen LogP contribution in [-0.2, 0) is 13.5 Å². The van der Waals surface area contributed by atoms with Crippen LogP contribution in [0.5, 0.6) is 0 Å². The van der Waals surface area contributed by atoms with Crippen molar-refractivity contribution in [1.29, 1.82) is 0 Å². The number of halogens is 1. The van der Waals surface area contributed by atoms with Gasteiger partial charge in [-0.3, -0.25) is 4.68 Å². The van der Waals surface area contributed by atoms with E-state index in [9.17, 15) is 0 Å². The van der Waals surface area contributed by atoms with Crippen LogP contribution in [0.2, 0.25) is 0 Å². The highest BCUT2D eigenvalue weighted by atomic mass is 79.9. The highest BCUT2D eigenvalue weighted by Crippen LogP contribution is 2.57. The summed E-state index contributed by atoms with van der Waals surface area (Å²) in [4.78, 5) is 0. The zero-order valence-electron chi connectivity index (χ0n) is 12.2. The summed E-state index contributed by atoms with van der Waals surface area (Å²) < 4.78 is 3.29. The molecule has 1 aromatic rings. The van der Waals surface area contributed by atoms with Crippen LogP contribution in [0.15, 0.2) is 4.47 Å². The van der Waals surface area contributed by atoms with Gasteiger partial charge in [0.15, 0.2) is 0 Å². The standard InChI is InChI=1S/C15H24BrN3/c1-10-14(16)13(19(3)18-10)8-15(9-17-2)7-11-4-5-12(15)6-11/h11-12,17H,4-9H2,1-3H3. The van der Waals surface area contributed by atoms with Crippen molar-refractivity contribution in [3.05, 3.63) is 15.9 Å². The van der Waals surface area contributed by atoms with E-state index in [1.54, 1.807) is 0 Å². The Morgan fingerprint density at radius 3 is 2.74 bits per heavy atom. The highest BCUT2D eigenvalue weighted by molar-refractivity contribution is 9.10. The molecule has 0 aliphatic heterocycles. The molecule has 3 atom stereocenters. The molecule has 3 unspecified atom stereocenters. The Kier molecular flexibility index (Phi) is 3.50. The Hall–Kier alpha value is -0.350. The molecular formula is C15H24BrN3. The number of nitrogens with one attached hydrogen (secondary N) is 1. The number of nitrogens with zero attached hydrogens (tertiary/aromatic N) is 2. The van der Waals surface area contributed by atoms with Crippen LogP contribution < -0.4 is 5.32 Å². The first kappa shape index (κ1) is 13.6. The lowest BCUT2D eigenvalue weighted by Gasteiger charge is -2.38. The second-order valence-corrected chi connectivity index (χ2v) is 7.41. The van der Waals surface area contributed by atoms with E-state index in [0.29, 0.717) is 5.41 Å². The number of fused-ring (bicyclic) bond motifs is 2. The molecule has 0 spiro atoms. The molecule has 106 valence electrons. The van der Waals surface area contributed by atoms with Crippen LogP contribution in [0, 0.1) is 24.2 Å². The summed E-state index contributed by atoms with van der Waals surface area (Å²) in [6.07, 6.45) is 6.90. The maximum atomic E-state index is 4.56. The third-order valence-corrected chi connectivity index (χ3v) is 6.44. The summed E-state index contributed by atoms with van der Waals surface area (Å²) in [6.45, 7) is 3.23. The topological polar surface area (TPSA) is 29.9 Å². The van der Waals surface area contributed by atoms with Gasteiger partial charge in [0.25, 0.3) is 0 Å². The Labute approximate surface area is 124 Å². The quantitative estimate of drug-likeness (QED) is 0.922. The molecule has 2 saturated carbocycles. The van der Waals surface area contributed by atoms with Gasteiger partial charge in [-0.25, -0.2) is 0 Å². The number of aryl methyl sites for hydroxylation is 2. The predicted octanol–water partition coefficient (Wildman–Crippen LogP) is 3.06. The van der Waals surface area contributed by atoms with Crippen LogP contribution in [0.3, 0.4) is 0 Å². The third kappa shape index (κ3) is 2.17. The van der Waals surface area contributed by atoms with E-state index in [2.05, 4.69) is 52.0 Å². The Morgan fingerprint density at radius 1 is 1.47 bits per heavy atom. The first-order chi connectivity index (χ1) is 9.05. The molecule has 1 heterocycles. The summed E-state index contributed by atoms with van der Waals surface area (Å²) in [7, 11) is 4.17. The lowest BCUT2D eigenvalue weighted by Crippen LogP contribution is -2.39. The number of aromatic nitrogens is 2. The van der Waals surface area contributed by atoms with E-state index in [4.69, 9.17) is 0 Å². The van der Waals surface area contributed by atoms with Gasteiger partial charge in [0.05, 0.1) is 15.9 Å². The average molecular weight is 326 g/mol. The smallest absolute Gasteiger partial charge is 0.0738 e. The summed E-state index contributed by atoms with van der Waals surface area (Å²) in [5.41, 5.74) is 2.95. The van der Waals surface area contributed by atoms with Crippen molar-refractivity contribution in [2.24, 2.45) is 24.3 Å². The fraction of sp³-hybridized carbons (Fsp3) is 0.800. The van der Waals surface area contributed by atoms with Gasteiger partial charge in [-0.2, -0.15) is 5.10 Å². The fourth-order valence-corrected chi connectivity index (χ4v) is 5.09. The lowest BCUT2D eigenvalue weighted by atomic mass is 9.70. The normalized spacial score (nSPS) is 33.3. The van der Waals surface area contributed by atoms with E-state index >= 15 is 0 Å². The van der Waals surface area contributed by atoms with Crippen molar-refractivity contribution in [2.75, 3.05) is 13.6 Å². The summed E-state index contributed by atoms with van der Waals surface area (Å²) >= 11 is 3.73. The molecule has 0 aromatic carbocycles. The number of hydrogen-bond acceptors (Lipinski definition) is 2. The van der Waals surface area contributed by atoms with Gasteiger partial charge in [-0.05, 0) is 72.8 Å². The van der Waals surface area contributed by atoms with Crippen molar-refractivity contribution in [3.8, 4) is 0 Å². The van der Waals surface area contributed by atoms with Gasteiger partial charge < -0.3 is 5.32 Å². The average Bonchev–Trinajstić information content (AvgIpc) is 3.01. The van der Waals surface area contributed by atoms with Crippen LogP contribution in [0.4, 0.5) is 0 Å². The molecule has 3 nitrogen and oxygen atoms in total. The maximum absolute atomic E-state index is 4.56. The minimum atomic E-state index is 0.459. The maximum Gasteiger partial charge on any atom is 0.0738 e. The Balaban J connectivity index is 1.90. The third-order valence-electron chi connectivity index (χ3n) is 5.41. The minimum absolute atomic E-state index is 0.459. The molecule has 1 N–H and O–H groups in total. The number of hydrogen-bond donors (Lipinski definition) is 1. The first-order valence-electron chi connectivity index (χ1n) is 7.38. The van der Waals surface area contributed by atoms with Crippen molar-refractivity contribution < 1.29 is 0 Å². The summed E-state index contributed by atoms with van der Waals surface area (Å²) in [6, 6.07) is 0. The molecule has 2 bridgehead atoms. The van der Waals surface area contributed by atoms with E-state index in [0.717, 1.165) is 30.5 Å². The minimum Gasteiger partial charge on any atom is -0.319 e. The fourth-order valence-electron chi connectivity index (χ4n) is 4.61. The molecule has 19 heavy (non-hydrogen) atoms. The molecule has 3 rings (SSSR count). The SMILES string of the molecule is CNCC1(Cc2c(Br)c(C)nn2C)CC2CCC1C2. The highest BCUT2D eigenvalue weighted by Gasteiger charge is 2.50. The molecule has 0 saturated heterocycles. The van der Waals surface area contributed by atoms with Gasteiger partial charge in [0, 0.05) is 13.6 Å². The summed E-state index contributed by atoms with van der Waals surface area (Å²) in [5, 5.41) is 8.01. The Bertz CT molecular complexity index is 482. The Morgan fingerprint density at radius 2 is 2.26 bits per heavy atom. The predicted molar refractivity (Wildman–Crippen MR) is 81.2 cm³/mol. The molecule has 2 fully saturated rings. The van der Waals surface area contributed by atoms with Gasteiger partial charge in [-0.1, -0.05) is 6.42 Å². The van der Waals surface area contributed by atoms with Crippen LogP contribution >= 0.6 is 15.9 Å². The lowest BCUT2D eigenvalue weighted by molar-refractivity contribution is 0.156. The van der Waals surface area contributed by atoms with Gasteiger partial charge in [0.2, 0.25) is 0 Å². The van der Waals surface area contributed by atoms with Crippen LogP contribution in [-0.4, -0.2) is 23.4 Å². The van der Waals surface area contributed by atoms with E-state index in [-0.39, 0.29) is 0 Å². The number of rotatable bonds is 4. The molecule has 1 aromatic heterocycles. The molecule has 2 aliphatic carbocycles. The zero-order valence-corrected chi connectivity index (χ0v) is 13.8. The molecule has 4 heteroatoms. The van der Waals surface area contributed by atoms with Crippen molar-refractivity contribution in [2.45, 2.75) is 39.0 Å². The van der Waals surface area contributed by atoms with Gasteiger partial charge in [0.1, 0.15) is 0 Å². The largest absolute Gasteiger partial charge is 0.319 e. The molecular weight excluding hydrogens is 302 g/mol. The molecule has 0 radical (unpaired) electrons. The monoisotopic (exact) mass is 325 g/mol. The molecule has 0 amide bonds.